The van der Waals surface area contributed by atoms with Gasteiger partial charge in [-0.1, -0.05) is 19.7 Å². The number of carboxylic acid groups (broad SMARTS) is 3. The standard InChI is InChI=1S/3C4H6O2.K.H2S/c3*1-3(2)4(5)6;;/h3*1H2,2H3,(H,5,6);;1H2/q;;;+1;/p-1. The molecule has 0 aliphatic rings. The predicted octanol–water partition coefficient (Wildman–Crippen LogP) is -2.28. The third-order valence-electron chi connectivity index (χ3n) is 1.08. The van der Waals surface area contributed by atoms with E-state index in [1.807, 2.05) is 0 Å². The van der Waals surface area contributed by atoms with Crippen molar-refractivity contribution in [1.29, 1.82) is 0 Å². The summed E-state index contributed by atoms with van der Waals surface area (Å²) in [7, 11) is 0. The van der Waals surface area contributed by atoms with Gasteiger partial charge >= 0.3 is 63.3 Å². The SMILES string of the molecule is C=C(C)C(=O)O.C=C(C)C(=O)O.C=C(C)C(=O)[O-].S.[K+]. The maximum absolute atomic E-state index is 9.60. The van der Waals surface area contributed by atoms with E-state index in [4.69, 9.17) is 10.2 Å². The van der Waals surface area contributed by atoms with Crippen LogP contribution in [0.2, 0.25) is 0 Å². The molecule has 0 saturated carbocycles. The second-order valence-electron chi connectivity index (χ2n) is 3.24. The second kappa shape index (κ2) is 18.6. The molecule has 110 valence electrons. The van der Waals surface area contributed by atoms with Gasteiger partial charge in [0.05, 0.1) is 5.97 Å². The Bertz CT molecular complexity index is 283. The van der Waals surface area contributed by atoms with E-state index >= 15 is 0 Å². The van der Waals surface area contributed by atoms with Crippen LogP contribution in [0.5, 0.6) is 0 Å². The van der Waals surface area contributed by atoms with Crippen molar-refractivity contribution in [3.8, 4) is 0 Å². The fourth-order valence-electron chi connectivity index (χ4n) is 0. The summed E-state index contributed by atoms with van der Waals surface area (Å²) in [4.78, 5) is 28.7. The number of carbonyl (C=O) groups is 3. The molecule has 2 N–H and O–H groups in total. The minimum Gasteiger partial charge on any atom is -0.545 e. The summed E-state index contributed by atoms with van der Waals surface area (Å²) in [5.41, 5.74) is 0.417. The Kier molecular flexibility index (Phi) is 29.6. The Labute approximate surface area is 168 Å². The number of aliphatic carboxylic acids is 3. The second-order valence-corrected chi connectivity index (χ2v) is 3.24. The number of carboxylic acids is 3. The van der Waals surface area contributed by atoms with Crippen molar-refractivity contribution < 1.29 is 81.1 Å². The van der Waals surface area contributed by atoms with E-state index in [-0.39, 0.29) is 81.6 Å². The van der Waals surface area contributed by atoms with Crippen molar-refractivity contribution in [2.75, 3.05) is 0 Å². The molecule has 0 saturated heterocycles. The first kappa shape index (κ1) is 31.8. The predicted molar refractivity (Wildman–Crippen MR) is 75.1 cm³/mol. The molecule has 0 heterocycles. The largest absolute Gasteiger partial charge is 1.00 e. The zero-order chi connectivity index (χ0) is 15.5. The fraction of sp³-hybridized carbons (Fsp3) is 0.250. The molecule has 6 nitrogen and oxygen atoms in total. The molecule has 0 aromatic rings. The summed E-state index contributed by atoms with van der Waals surface area (Å²) in [6, 6.07) is 0. The van der Waals surface area contributed by atoms with Gasteiger partial charge < -0.3 is 20.1 Å². The van der Waals surface area contributed by atoms with Gasteiger partial charge in [-0.3, -0.25) is 0 Å². The topological polar surface area (TPSA) is 115 Å². The molecule has 0 atom stereocenters. The van der Waals surface area contributed by atoms with Crippen LogP contribution in [0, 0.1) is 0 Å². The monoisotopic (exact) mass is 330 g/mol. The summed E-state index contributed by atoms with van der Waals surface area (Å²) in [5, 5.41) is 25.3. The first-order valence-electron chi connectivity index (χ1n) is 4.57. The van der Waals surface area contributed by atoms with Gasteiger partial charge in [0.15, 0.2) is 0 Å². The number of carbonyl (C=O) groups excluding carboxylic acids is 1. The number of hydrogen-bond acceptors (Lipinski definition) is 4. The molecule has 0 fully saturated rings. The van der Waals surface area contributed by atoms with Crippen LogP contribution in [0.25, 0.3) is 0 Å². The van der Waals surface area contributed by atoms with Crippen molar-refractivity contribution in [2.24, 2.45) is 0 Å². The van der Waals surface area contributed by atoms with Gasteiger partial charge in [-0.2, -0.15) is 13.5 Å². The quantitative estimate of drug-likeness (QED) is 0.445. The summed E-state index contributed by atoms with van der Waals surface area (Å²) >= 11 is 0. The van der Waals surface area contributed by atoms with Crippen molar-refractivity contribution >= 4 is 31.4 Å². The molecule has 0 aliphatic heterocycles. The molecule has 0 aliphatic carbocycles. The Morgan fingerprint density at radius 1 is 0.800 bits per heavy atom. The molecule has 0 aromatic heterocycles. The van der Waals surface area contributed by atoms with Crippen LogP contribution in [-0.2, 0) is 14.4 Å². The van der Waals surface area contributed by atoms with E-state index in [0.717, 1.165) is 0 Å². The molecule has 0 aromatic carbocycles. The molecule has 0 amide bonds. The molecule has 0 rings (SSSR count). The van der Waals surface area contributed by atoms with Crippen LogP contribution in [0.15, 0.2) is 36.5 Å². The smallest absolute Gasteiger partial charge is 0.545 e. The Morgan fingerprint density at radius 2 is 0.900 bits per heavy atom. The van der Waals surface area contributed by atoms with Crippen LogP contribution < -0.4 is 56.5 Å². The first-order valence-corrected chi connectivity index (χ1v) is 4.57. The van der Waals surface area contributed by atoms with Gasteiger partial charge in [-0.05, 0) is 26.3 Å². The summed E-state index contributed by atoms with van der Waals surface area (Å²) < 4.78 is 0. The zero-order valence-corrected chi connectivity index (χ0v) is 16.3. The molecular weight excluding hydrogens is 311 g/mol. The van der Waals surface area contributed by atoms with Crippen LogP contribution in [0.1, 0.15) is 20.8 Å². The summed E-state index contributed by atoms with van der Waals surface area (Å²) in [6.07, 6.45) is 0. The molecule has 0 radical (unpaired) electrons. The van der Waals surface area contributed by atoms with Crippen molar-refractivity contribution in [1.82, 2.24) is 0 Å². The minimum absolute atomic E-state index is 0. The van der Waals surface area contributed by atoms with Gasteiger partial charge in [0.1, 0.15) is 0 Å². The first-order chi connectivity index (χ1) is 7.93. The molecule has 8 heteroatoms. The number of rotatable bonds is 3. The normalized spacial score (nSPS) is 6.75. The maximum Gasteiger partial charge on any atom is 1.00 e. The van der Waals surface area contributed by atoms with E-state index in [0.29, 0.717) is 0 Å². The van der Waals surface area contributed by atoms with Crippen LogP contribution >= 0.6 is 13.5 Å². The molecule has 0 unspecified atom stereocenters. The molecular formula is C12H19KO6S. The van der Waals surface area contributed by atoms with Gasteiger partial charge in [-0.15, -0.1) is 0 Å². The summed E-state index contributed by atoms with van der Waals surface area (Å²) in [6.45, 7) is 13.7. The number of hydrogen-bond donors (Lipinski definition) is 2. The van der Waals surface area contributed by atoms with E-state index in [1.165, 1.54) is 20.8 Å². The average molecular weight is 330 g/mol. The van der Waals surface area contributed by atoms with Crippen LogP contribution in [0.3, 0.4) is 0 Å². The Hall–Kier alpha value is -0.384. The zero-order valence-electron chi connectivity index (χ0n) is 12.1. The Balaban J connectivity index is -0.0000000536. The third-order valence-corrected chi connectivity index (χ3v) is 1.08. The van der Waals surface area contributed by atoms with E-state index in [1.54, 1.807) is 0 Å². The molecule has 0 spiro atoms. The maximum atomic E-state index is 9.60. The fourth-order valence-corrected chi connectivity index (χ4v) is 0. The van der Waals surface area contributed by atoms with Crippen LogP contribution in [0.4, 0.5) is 0 Å². The summed E-state index contributed by atoms with van der Waals surface area (Å²) in [5.74, 6) is -3.06. The minimum atomic E-state index is -1.19. The van der Waals surface area contributed by atoms with E-state index < -0.39 is 17.9 Å². The van der Waals surface area contributed by atoms with Gasteiger partial charge in [0.25, 0.3) is 0 Å². The molecule has 0 bridgehead atoms. The van der Waals surface area contributed by atoms with Gasteiger partial charge in [-0.25, -0.2) is 9.59 Å². The van der Waals surface area contributed by atoms with Crippen molar-refractivity contribution in [3.63, 3.8) is 0 Å². The average Bonchev–Trinajstić information content (AvgIpc) is 2.18. The van der Waals surface area contributed by atoms with Gasteiger partial charge in [0, 0.05) is 11.1 Å². The molecule has 20 heavy (non-hydrogen) atoms. The van der Waals surface area contributed by atoms with Crippen molar-refractivity contribution in [3.05, 3.63) is 36.5 Å². The van der Waals surface area contributed by atoms with E-state index in [9.17, 15) is 19.5 Å². The Morgan fingerprint density at radius 3 is 0.900 bits per heavy atom. The van der Waals surface area contributed by atoms with E-state index in [2.05, 4.69) is 19.7 Å². The van der Waals surface area contributed by atoms with Crippen LogP contribution in [-0.4, -0.2) is 28.1 Å². The van der Waals surface area contributed by atoms with Gasteiger partial charge in [0.2, 0.25) is 0 Å². The third kappa shape index (κ3) is 36.0. The van der Waals surface area contributed by atoms with Crippen molar-refractivity contribution in [2.45, 2.75) is 20.8 Å².